The Kier molecular flexibility index (Phi) is 7.23. The minimum atomic E-state index is 0. The Bertz CT molecular complexity index is 636. The molecule has 22 heavy (non-hydrogen) atoms. The first-order valence-electron chi connectivity index (χ1n) is 6.25. The molecule has 0 bridgehead atoms. The van der Waals surface area contributed by atoms with Crippen LogP contribution in [0.25, 0.3) is 22.1 Å². The maximum atomic E-state index is 4.12. The van der Waals surface area contributed by atoms with E-state index in [9.17, 15) is 0 Å². The Morgan fingerprint density at radius 1 is 0.455 bits per heavy atom. The van der Waals surface area contributed by atoms with Gasteiger partial charge in [0.15, 0.2) is 0 Å². The summed E-state index contributed by atoms with van der Waals surface area (Å²) < 4.78 is 0. The fourth-order valence-electron chi connectivity index (χ4n) is 1.82. The molecule has 6 heteroatoms. The van der Waals surface area contributed by atoms with Gasteiger partial charge in [0, 0.05) is 24.8 Å². The molecule has 2 aromatic heterocycles. The Hall–Kier alpha value is -2.23. The van der Waals surface area contributed by atoms with Crippen molar-refractivity contribution in [2.45, 2.75) is 0 Å². The molecule has 0 radical (unpaired) electrons. The van der Waals surface area contributed by atoms with Crippen molar-refractivity contribution in [3.8, 4) is 0 Å². The molecule has 0 fully saturated rings. The fraction of sp³-hybridized carbons (Fsp3) is 0. The number of rotatable bonds is 0. The molecule has 0 aliphatic rings. The third kappa shape index (κ3) is 4.38. The molecule has 0 aliphatic heterocycles. The normalized spacial score (nSPS) is 9.09. The van der Waals surface area contributed by atoms with Gasteiger partial charge in [-0.25, -0.2) is 0 Å². The quantitative estimate of drug-likeness (QED) is 0.424. The summed E-state index contributed by atoms with van der Waals surface area (Å²) in [6, 6.07) is 15.6. The van der Waals surface area contributed by atoms with Gasteiger partial charge in [0.1, 0.15) is 0 Å². The zero-order valence-corrected chi connectivity index (χ0v) is 14.0. The summed E-state index contributed by atoms with van der Waals surface area (Å²) in [7, 11) is 0. The first kappa shape index (κ1) is 17.8. The average Bonchev–Trinajstić information content (AvgIpc) is 2.56. The van der Waals surface area contributed by atoms with Gasteiger partial charge in [-0.05, 0) is 24.3 Å². The molecule has 0 amide bonds. The van der Waals surface area contributed by atoms with Crippen molar-refractivity contribution in [1.82, 2.24) is 26.1 Å². The van der Waals surface area contributed by atoms with Crippen LogP contribution >= 0.6 is 0 Å². The summed E-state index contributed by atoms with van der Waals surface area (Å²) in [4.78, 5) is 16.5. The third-order valence-corrected chi connectivity index (χ3v) is 2.75. The van der Waals surface area contributed by atoms with Crippen LogP contribution in [0.5, 0.6) is 0 Å². The Morgan fingerprint density at radius 3 is 0.909 bits per heavy atom. The molecule has 112 valence electrons. The van der Waals surface area contributed by atoms with E-state index in [4.69, 9.17) is 0 Å². The van der Waals surface area contributed by atoms with Crippen molar-refractivity contribution >= 4 is 22.1 Å². The zero-order valence-electron chi connectivity index (χ0n) is 11.7. The fourth-order valence-corrected chi connectivity index (χ4v) is 1.82. The van der Waals surface area contributed by atoms with E-state index in [-0.39, 0.29) is 27.2 Å². The van der Waals surface area contributed by atoms with Gasteiger partial charge in [0.2, 0.25) is 0 Å². The Balaban J connectivity index is 0.000000202. The van der Waals surface area contributed by atoms with E-state index in [0.29, 0.717) is 0 Å². The van der Waals surface area contributed by atoms with Crippen LogP contribution in [0.3, 0.4) is 0 Å². The zero-order chi connectivity index (χ0) is 13.6. The summed E-state index contributed by atoms with van der Waals surface area (Å²) in [5.41, 5.74) is 3.80. The van der Waals surface area contributed by atoms with E-state index in [2.05, 4.69) is 19.9 Å². The molecule has 3 N–H and O–H groups in total. The molecule has 0 saturated carbocycles. The molecule has 5 nitrogen and oxygen atoms in total. The third-order valence-electron chi connectivity index (χ3n) is 2.75. The van der Waals surface area contributed by atoms with Crippen LogP contribution in [0.1, 0.15) is 0 Å². The van der Waals surface area contributed by atoms with E-state index in [1.807, 2.05) is 48.5 Å². The molecule has 2 aromatic carbocycles. The maximum absolute atomic E-state index is 4.12. The van der Waals surface area contributed by atoms with E-state index in [1.165, 1.54) is 0 Å². The van der Waals surface area contributed by atoms with Crippen molar-refractivity contribution in [3.63, 3.8) is 0 Å². The number of nitrogens with zero attached hydrogens (tertiary/aromatic N) is 4. The monoisotopic (exact) mass is 472 g/mol. The SMILES string of the molecule is N.[Pt+2].c1ccc2nccnc2c1.c1ccc2nccnc2c1. The molecular weight excluding hydrogens is 457 g/mol. The van der Waals surface area contributed by atoms with E-state index in [0.717, 1.165) is 22.1 Å². The van der Waals surface area contributed by atoms with Gasteiger partial charge in [0.25, 0.3) is 0 Å². The summed E-state index contributed by atoms with van der Waals surface area (Å²) in [6.07, 6.45) is 6.79. The summed E-state index contributed by atoms with van der Waals surface area (Å²) >= 11 is 0. The largest absolute Gasteiger partial charge is 2.00 e. The van der Waals surface area contributed by atoms with Gasteiger partial charge in [-0.15, -0.1) is 0 Å². The van der Waals surface area contributed by atoms with E-state index >= 15 is 0 Å². The standard InChI is InChI=1S/2C8H6N2.H3N.Pt/c2*1-2-4-8-7(3-1)9-5-6-10-8;;/h2*1-6H;1H3;/q;;;+2. The molecule has 0 saturated heterocycles. The van der Waals surface area contributed by atoms with Crippen LogP contribution in [-0.4, -0.2) is 19.9 Å². The number of hydrogen-bond acceptors (Lipinski definition) is 5. The molecule has 2 heterocycles. The predicted molar refractivity (Wildman–Crippen MR) is 84.1 cm³/mol. The first-order valence-corrected chi connectivity index (χ1v) is 6.25. The number of fused-ring (bicyclic) bond motifs is 2. The smallest absolute Gasteiger partial charge is 0.344 e. The molecular formula is C16H15N5Pt+2. The van der Waals surface area contributed by atoms with Gasteiger partial charge < -0.3 is 6.15 Å². The number of hydrogen-bond donors (Lipinski definition) is 1. The molecule has 0 atom stereocenters. The maximum Gasteiger partial charge on any atom is 2.00 e. The number of aromatic nitrogens is 4. The van der Waals surface area contributed by atoms with Crippen molar-refractivity contribution in [1.29, 1.82) is 0 Å². The second kappa shape index (κ2) is 8.92. The molecule has 0 unspecified atom stereocenters. The second-order valence-electron chi connectivity index (χ2n) is 4.09. The van der Waals surface area contributed by atoms with Crippen LogP contribution in [-0.2, 0) is 21.1 Å². The Morgan fingerprint density at radius 2 is 0.682 bits per heavy atom. The van der Waals surface area contributed by atoms with Crippen LogP contribution in [0.4, 0.5) is 0 Å². The number of benzene rings is 2. The van der Waals surface area contributed by atoms with Crippen LogP contribution in [0.2, 0.25) is 0 Å². The van der Waals surface area contributed by atoms with Gasteiger partial charge in [-0.1, -0.05) is 24.3 Å². The molecule has 0 spiro atoms. The summed E-state index contributed by atoms with van der Waals surface area (Å²) in [6.45, 7) is 0. The van der Waals surface area contributed by atoms with Crippen LogP contribution in [0, 0.1) is 0 Å². The second-order valence-corrected chi connectivity index (χ2v) is 4.09. The predicted octanol–water partition coefficient (Wildman–Crippen LogP) is 3.42. The van der Waals surface area contributed by atoms with E-state index in [1.54, 1.807) is 24.8 Å². The first-order chi connectivity index (χ1) is 9.93. The van der Waals surface area contributed by atoms with E-state index < -0.39 is 0 Å². The molecule has 4 aromatic rings. The van der Waals surface area contributed by atoms with Gasteiger partial charge in [0.05, 0.1) is 22.1 Å². The number of para-hydroxylation sites is 4. The van der Waals surface area contributed by atoms with Gasteiger partial charge in [-0.3, -0.25) is 19.9 Å². The molecule has 4 rings (SSSR count). The minimum absolute atomic E-state index is 0. The summed E-state index contributed by atoms with van der Waals surface area (Å²) in [5, 5.41) is 0. The van der Waals surface area contributed by atoms with Gasteiger partial charge >= 0.3 is 21.1 Å². The van der Waals surface area contributed by atoms with Crippen molar-refractivity contribution in [3.05, 3.63) is 73.3 Å². The molecule has 0 aliphatic carbocycles. The minimum Gasteiger partial charge on any atom is -0.344 e. The topological polar surface area (TPSA) is 86.6 Å². The summed E-state index contributed by atoms with van der Waals surface area (Å²) in [5.74, 6) is 0. The van der Waals surface area contributed by atoms with Crippen LogP contribution < -0.4 is 6.15 Å². The van der Waals surface area contributed by atoms with Crippen molar-refractivity contribution in [2.75, 3.05) is 0 Å². The van der Waals surface area contributed by atoms with Crippen LogP contribution in [0.15, 0.2) is 73.3 Å². The Labute approximate surface area is 142 Å². The van der Waals surface area contributed by atoms with Crippen molar-refractivity contribution < 1.29 is 21.1 Å². The average molecular weight is 472 g/mol. The van der Waals surface area contributed by atoms with Gasteiger partial charge in [-0.2, -0.15) is 0 Å². The van der Waals surface area contributed by atoms with Crippen molar-refractivity contribution in [2.24, 2.45) is 0 Å².